The van der Waals surface area contributed by atoms with Crippen molar-refractivity contribution in [3.05, 3.63) is 12.0 Å². The maximum atomic E-state index is 12.5. The van der Waals surface area contributed by atoms with Gasteiger partial charge < -0.3 is 4.57 Å². The summed E-state index contributed by atoms with van der Waals surface area (Å²) in [5, 5.41) is 0.00292. The van der Waals surface area contributed by atoms with Gasteiger partial charge >= 0.3 is 0 Å². The Morgan fingerprint density at radius 1 is 1.53 bits per heavy atom. The number of imidazole rings is 1. The van der Waals surface area contributed by atoms with Crippen LogP contribution in [0.2, 0.25) is 0 Å². The van der Waals surface area contributed by atoms with E-state index in [9.17, 15) is 8.42 Å². The van der Waals surface area contributed by atoms with Crippen LogP contribution in [0.5, 0.6) is 0 Å². The molecular formula is C12H20ClN3O2S. The van der Waals surface area contributed by atoms with Crippen LogP contribution in [0.3, 0.4) is 0 Å². The lowest BCUT2D eigenvalue weighted by Gasteiger charge is -2.32. The SMILES string of the molecule is CCn1cc(S(=O)(=O)N2CCC(C)C(Cl)C2)nc1C. The zero-order valence-electron chi connectivity index (χ0n) is 11.5. The lowest BCUT2D eigenvalue weighted by atomic mass is 10.0. The first-order chi connectivity index (χ1) is 8.86. The van der Waals surface area contributed by atoms with Gasteiger partial charge in [0.1, 0.15) is 5.82 Å². The molecular weight excluding hydrogens is 286 g/mol. The van der Waals surface area contributed by atoms with Gasteiger partial charge in [-0.05, 0) is 26.2 Å². The molecule has 1 aliphatic heterocycles. The highest BCUT2D eigenvalue weighted by Crippen LogP contribution is 2.26. The lowest BCUT2D eigenvalue weighted by molar-refractivity contribution is 0.292. The van der Waals surface area contributed by atoms with Gasteiger partial charge in [0, 0.05) is 31.2 Å². The van der Waals surface area contributed by atoms with Crippen LogP contribution in [0, 0.1) is 12.8 Å². The van der Waals surface area contributed by atoms with Gasteiger partial charge in [-0.1, -0.05) is 6.92 Å². The van der Waals surface area contributed by atoms with E-state index in [0.717, 1.165) is 6.42 Å². The third-order valence-corrected chi connectivity index (χ3v) is 6.03. The number of piperidine rings is 1. The highest BCUT2D eigenvalue weighted by atomic mass is 35.5. The van der Waals surface area contributed by atoms with E-state index < -0.39 is 10.0 Å². The summed E-state index contributed by atoms with van der Waals surface area (Å²) in [4.78, 5) is 4.16. The number of alkyl halides is 1. The minimum absolute atomic E-state index is 0.127. The summed E-state index contributed by atoms with van der Waals surface area (Å²) in [6, 6.07) is 0. The van der Waals surface area contributed by atoms with E-state index in [1.54, 1.807) is 6.20 Å². The largest absolute Gasteiger partial charge is 0.334 e. The van der Waals surface area contributed by atoms with E-state index in [1.165, 1.54) is 4.31 Å². The van der Waals surface area contributed by atoms with Crippen molar-refractivity contribution in [1.82, 2.24) is 13.9 Å². The van der Waals surface area contributed by atoms with Crippen molar-refractivity contribution >= 4 is 21.6 Å². The van der Waals surface area contributed by atoms with Crippen LogP contribution in [0.25, 0.3) is 0 Å². The third kappa shape index (κ3) is 2.80. The van der Waals surface area contributed by atoms with E-state index in [4.69, 9.17) is 11.6 Å². The van der Waals surface area contributed by atoms with Gasteiger partial charge in [-0.25, -0.2) is 13.4 Å². The number of nitrogens with zero attached hydrogens (tertiary/aromatic N) is 3. The van der Waals surface area contributed by atoms with Crippen LogP contribution < -0.4 is 0 Å². The van der Waals surface area contributed by atoms with Crippen LogP contribution in [0.4, 0.5) is 0 Å². The summed E-state index contributed by atoms with van der Waals surface area (Å²) >= 11 is 6.19. The molecule has 1 aromatic heterocycles. The topological polar surface area (TPSA) is 55.2 Å². The monoisotopic (exact) mass is 305 g/mol. The second kappa shape index (κ2) is 5.42. The molecule has 2 unspecified atom stereocenters. The Morgan fingerprint density at radius 3 is 2.74 bits per heavy atom. The minimum Gasteiger partial charge on any atom is -0.334 e. The van der Waals surface area contributed by atoms with Gasteiger partial charge in [0.25, 0.3) is 10.0 Å². The van der Waals surface area contributed by atoms with Gasteiger partial charge in [0.15, 0.2) is 5.03 Å². The molecule has 1 aliphatic rings. The van der Waals surface area contributed by atoms with Crippen molar-refractivity contribution in [2.24, 2.45) is 5.92 Å². The highest BCUT2D eigenvalue weighted by Gasteiger charge is 2.34. The average Bonchev–Trinajstić information content (AvgIpc) is 2.74. The second-order valence-corrected chi connectivity index (χ2v) is 7.50. The number of halogens is 1. The van der Waals surface area contributed by atoms with Crippen molar-refractivity contribution in [1.29, 1.82) is 0 Å². The molecule has 19 heavy (non-hydrogen) atoms. The lowest BCUT2D eigenvalue weighted by Crippen LogP contribution is -2.43. The molecule has 2 atom stereocenters. The summed E-state index contributed by atoms with van der Waals surface area (Å²) in [5.74, 6) is 1.07. The van der Waals surface area contributed by atoms with E-state index in [0.29, 0.717) is 31.4 Å². The minimum atomic E-state index is -3.51. The summed E-state index contributed by atoms with van der Waals surface area (Å²) in [6.07, 6.45) is 2.40. The standard InChI is InChI=1S/C12H20ClN3O2S/c1-4-15-8-12(14-10(15)3)19(17,18)16-6-5-9(2)11(13)7-16/h8-9,11H,4-7H2,1-3H3. The smallest absolute Gasteiger partial charge is 0.262 e. The molecule has 0 aliphatic carbocycles. The normalized spacial score (nSPS) is 25.7. The number of hydrogen-bond acceptors (Lipinski definition) is 3. The number of aromatic nitrogens is 2. The zero-order valence-corrected chi connectivity index (χ0v) is 13.1. The molecule has 2 rings (SSSR count). The first-order valence-corrected chi connectivity index (χ1v) is 8.42. The number of aryl methyl sites for hydroxylation is 2. The molecule has 0 aromatic carbocycles. The molecule has 0 radical (unpaired) electrons. The fourth-order valence-corrected chi connectivity index (χ4v) is 4.12. The van der Waals surface area contributed by atoms with Crippen LogP contribution in [0.15, 0.2) is 11.2 Å². The molecule has 2 heterocycles. The van der Waals surface area contributed by atoms with E-state index in [2.05, 4.69) is 11.9 Å². The molecule has 0 bridgehead atoms. The molecule has 108 valence electrons. The molecule has 5 nitrogen and oxygen atoms in total. The number of sulfonamides is 1. The Morgan fingerprint density at radius 2 is 2.21 bits per heavy atom. The molecule has 1 aromatic rings. The molecule has 1 saturated heterocycles. The van der Waals surface area contributed by atoms with E-state index in [-0.39, 0.29) is 10.4 Å². The third-order valence-electron chi connectivity index (χ3n) is 3.73. The Labute approximate surface area is 119 Å². The molecule has 0 spiro atoms. The van der Waals surface area contributed by atoms with Crippen molar-refractivity contribution in [2.75, 3.05) is 13.1 Å². The predicted molar refractivity (Wildman–Crippen MR) is 74.8 cm³/mol. The maximum Gasteiger partial charge on any atom is 0.262 e. The molecule has 7 heteroatoms. The fraction of sp³-hybridized carbons (Fsp3) is 0.750. The molecule has 0 amide bonds. The van der Waals surface area contributed by atoms with Crippen molar-refractivity contribution in [3.8, 4) is 0 Å². The van der Waals surface area contributed by atoms with Gasteiger partial charge in [-0.2, -0.15) is 4.31 Å². The van der Waals surface area contributed by atoms with E-state index in [1.807, 2.05) is 18.4 Å². The van der Waals surface area contributed by atoms with Crippen molar-refractivity contribution in [2.45, 2.75) is 44.1 Å². The van der Waals surface area contributed by atoms with Gasteiger partial charge in [-0.15, -0.1) is 11.6 Å². The van der Waals surface area contributed by atoms with Gasteiger partial charge in [0.2, 0.25) is 0 Å². The number of hydrogen-bond donors (Lipinski definition) is 0. The van der Waals surface area contributed by atoms with Crippen LogP contribution in [-0.4, -0.2) is 40.7 Å². The highest BCUT2D eigenvalue weighted by molar-refractivity contribution is 7.89. The Bertz CT molecular complexity index is 555. The summed E-state index contributed by atoms with van der Waals surface area (Å²) in [5.41, 5.74) is 0. The fourth-order valence-electron chi connectivity index (χ4n) is 2.27. The number of rotatable bonds is 3. The second-order valence-electron chi connectivity index (χ2n) is 5.06. The molecule has 0 N–H and O–H groups in total. The quantitative estimate of drug-likeness (QED) is 0.801. The zero-order chi connectivity index (χ0) is 14.2. The van der Waals surface area contributed by atoms with Crippen LogP contribution >= 0.6 is 11.6 Å². The van der Waals surface area contributed by atoms with Gasteiger partial charge in [-0.3, -0.25) is 0 Å². The summed E-state index contributed by atoms with van der Waals surface area (Å²) < 4.78 is 28.3. The van der Waals surface area contributed by atoms with Crippen LogP contribution in [-0.2, 0) is 16.6 Å². The molecule has 1 fully saturated rings. The Balaban J connectivity index is 2.27. The Kier molecular flexibility index (Phi) is 4.23. The predicted octanol–water partition coefficient (Wildman–Crippen LogP) is 1.85. The van der Waals surface area contributed by atoms with Crippen molar-refractivity contribution < 1.29 is 8.42 Å². The van der Waals surface area contributed by atoms with Gasteiger partial charge in [0.05, 0.1) is 0 Å². The molecule has 0 saturated carbocycles. The van der Waals surface area contributed by atoms with E-state index >= 15 is 0 Å². The van der Waals surface area contributed by atoms with Crippen LogP contribution in [0.1, 0.15) is 26.1 Å². The first-order valence-electron chi connectivity index (χ1n) is 6.54. The van der Waals surface area contributed by atoms with Crippen molar-refractivity contribution in [3.63, 3.8) is 0 Å². The summed E-state index contributed by atoms with van der Waals surface area (Å²) in [7, 11) is -3.51. The Hall–Kier alpha value is -0.590. The maximum absolute atomic E-state index is 12.5. The summed E-state index contributed by atoms with van der Waals surface area (Å²) in [6.45, 7) is 7.42. The average molecular weight is 306 g/mol. The first kappa shape index (κ1) is 14.8.